The van der Waals surface area contributed by atoms with Gasteiger partial charge in [0.05, 0.1) is 11.0 Å². The van der Waals surface area contributed by atoms with Crippen molar-refractivity contribution in [2.75, 3.05) is 9.80 Å². The third-order valence-electron chi connectivity index (χ3n) is 13.4. The Morgan fingerprint density at radius 1 is 0.254 bits per heavy atom. The molecule has 314 valence electrons. The maximum Gasteiger partial charge on any atom is 0.0625 e. The van der Waals surface area contributed by atoms with Gasteiger partial charge in [0.1, 0.15) is 0 Å². The lowest BCUT2D eigenvalue weighted by atomic mass is 9.96. The van der Waals surface area contributed by atoms with Gasteiger partial charge in [0.2, 0.25) is 0 Å². The van der Waals surface area contributed by atoms with E-state index >= 15 is 0 Å². The van der Waals surface area contributed by atoms with Crippen LogP contribution in [0, 0.1) is 0 Å². The first-order chi connectivity index (χ1) is 33.2. The fourth-order valence-corrected chi connectivity index (χ4v) is 10.4. The lowest BCUT2D eigenvalue weighted by Gasteiger charge is -2.30. The number of benzene rings is 12. The molecule has 13 rings (SSSR count). The first-order valence-electron chi connectivity index (χ1n) is 23.0. The molecular formula is C64H43N3. The topological polar surface area (TPSA) is 11.4 Å². The summed E-state index contributed by atoms with van der Waals surface area (Å²) in [5.74, 6) is 0. The summed E-state index contributed by atoms with van der Waals surface area (Å²) in [7, 11) is 0. The van der Waals surface area contributed by atoms with Gasteiger partial charge in [-0.05, 0) is 134 Å². The molecule has 0 bridgehead atoms. The van der Waals surface area contributed by atoms with Crippen molar-refractivity contribution < 1.29 is 0 Å². The molecule has 0 fully saturated rings. The van der Waals surface area contributed by atoms with Gasteiger partial charge in [0, 0.05) is 56.0 Å². The van der Waals surface area contributed by atoms with Crippen LogP contribution >= 0.6 is 0 Å². The van der Waals surface area contributed by atoms with E-state index in [9.17, 15) is 0 Å². The zero-order valence-electron chi connectivity index (χ0n) is 36.7. The molecule has 3 heteroatoms. The van der Waals surface area contributed by atoms with Crippen LogP contribution in [0.1, 0.15) is 0 Å². The van der Waals surface area contributed by atoms with Gasteiger partial charge in [-0.15, -0.1) is 0 Å². The van der Waals surface area contributed by atoms with Gasteiger partial charge in [0.25, 0.3) is 0 Å². The molecule has 12 aromatic carbocycles. The summed E-state index contributed by atoms with van der Waals surface area (Å²) in [6, 6.07) is 95.2. The second-order valence-electron chi connectivity index (χ2n) is 17.4. The molecule has 0 amide bonds. The Morgan fingerprint density at radius 2 is 0.716 bits per heavy atom. The third-order valence-corrected chi connectivity index (χ3v) is 13.4. The zero-order valence-corrected chi connectivity index (χ0v) is 36.7. The number of nitrogens with zero attached hydrogens (tertiary/aromatic N) is 3. The van der Waals surface area contributed by atoms with Crippen LogP contribution < -0.4 is 9.80 Å². The molecule has 1 heterocycles. The molecule has 0 unspecified atom stereocenters. The SMILES string of the molecule is c1ccc(N(c2cc(-c3ccc4c5c6ccccc6c6ccccc6c5n(-c5ccccc5)c4c3)cc(N(c3ccccc3)c3ccc4ccccc4c3)c2)c2ccc3ccccc3c2)cc1. The summed E-state index contributed by atoms with van der Waals surface area (Å²) >= 11 is 0. The summed E-state index contributed by atoms with van der Waals surface area (Å²) in [6.07, 6.45) is 0. The largest absolute Gasteiger partial charge is 0.310 e. The average molecular weight is 854 g/mol. The van der Waals surface area contributed by atoms with Crippen molar-refractivity contribution in [3.05, 3.63) is 261 Å². The highest BCUT2D eigenvalue weighted by atomic mass is 15.2. The first kappa shape index (κ1) is 38.5. The highest BCUT2D eigenvalue weighted by Gasteiger charge is 2.23. The molecule has 13 aromatic rings. The third kappa shape index (κ3) is 6.59. The van der Waals surface area contributed by atoms with Crippen molar-refractivity contribution in [2.45, 2.75) is 0 Å². The highest BCUT2D eigenvalue weighted by molar-refractivity contribution is 6.32. The van der Waals surface area contributed by atoms with Crippen molar-refractivity contribution in [3.8, 4) is 16.8 Å². The van der Waals surface area contributed by atoms with Crippen molar-refractivity contribution >= 4 is 99.0 Å². The maximum absolute atomic E-state index is 2.49. The molecule has 0 N–H and O–H groups in total. The van der Waals surface area contributed by atoms with Crippen LogP contribution in [0.4, 0.5) is 34.1 Å². The molecule has 0 radical (unpaired) electrons. The Kier molecular flexibility index (Phi) is 9.17. The van der Waals surface area contributed by atoms with Crippen LogP contribution in [-0.2, 0) is 0 Å². The van der Waals surface area contributed by atoms with E-state index < -0.39 is 0 Å². The summed E-state index contributed by atoms with van der Waals surface area (Å²) in [4.78, 5) is 4.81. The number of anilines is 6. The van der Waals surface area contributed by atoms with E-state index in [0.717, 1.165) is 56.5 Å². The minimum atomic E-state index is 1.05. The van der Waals surface area contributed by atoms with Crippen LogP contribution in [-0.4, -0.2) is 4.57 Å². The molecule has 0 spiro atoms. The Morgan fingerprint density at radius 3 is 1.28 bits per heavy atom. The number of fused-ring (bicyclic) bond motifs is 10. The van der Waals surface area contributed by atoms with E-state index in [1.54, 1.807) is 0 Å². The number of hydrogen-bond donors (Lipinski definition) is 0. The number of aromatic nitrogens is 1. The van der Waals surface area contributed by atoms with Gasteiger partial charge in [-0.2, -0.15) is 0 Å². The number of para-hydroxylation sites is 3. The molecule has 0 aliphatic carbocycles. The molecule has 0 atom stereocenters. The Labute approximate surface area is 389 Å². The summed E-state index contributed by atoms with van der Waals surface area (Å²) < 4.78 is 2.49. The Hall–Kier alpha value is -8.92. The molecule has 3 nitrogen and oxygen atoms in total. The minimum Gasteiger partial charge on any atom is -0.310 e. The predicted octanol–water partition coefficient (Wildman–Crippen LogP) is 18.0. The van der Waals surface area contributed by atoms with Crippen molar-refractivity contribution in [3.63, 3.8) is 0 Å². The molecule has 0 aliphatic heterocycles. The Balaban J connectivity index is 1.12. The predicted molar refractivity (Wildman–Crippen MR) is 286 cm³/mol. The lowest BCUT2D eigenvalue weighted by molar-refractivity contribution is 1.19. The second kappa shape index (κ2) is 16.0. The van der Waals surface area contributed by atoms with Gasteiger partial charge in [0.15, 0.2) is 0 Å². The minimum absolute atomic E-state index is 1.05. The van der Waals surface area contributed by atoms with Crippen LogP contribution in [0.5, 0.6) is 0 Å². The van der Waals surface area contributed by atoms with Gasteiger partial charge < -0.3 is 14.4 Å². The molecule has 1 aromatic heterocycles. The summed E-state index contributed by atoms with van der Waals surface area (Å²) in [5.41, 5.74) is 12.2. The first-order valence-corrected chi connectivity index (χ1v) is 23.0. The fourth-order valence-electron chi connectivity index (χ4n) is 10.4. The normalized spacial score (nSPS) is 11.6. The summed E-state index contributed by atoms with van der Waals surface area (Å²) in [6.45, 7) is 0. The molecule has 0 saturated heterocycles. The van der Waals surface area contributed by atoms with Crippen LogP contribution in [0.25, 0.3) is 81.7 Å². The van der Waals surface area contributed by atoms with E-state index in [0.29, 0.717) is 0 Å². The van der Waals surface area contributed by atoms with E-state index in [2.05, 4.69) is 275 Å². The van der Waals surface area contributed by atoms with Crippen LogP contribution in [0.3, 0.4) is 0 Å². The lowest BCUT2D eigenvalue weighted by Crippen LogP contribution is -2.13. The maximum atomic E-state index is 2.49. The van der Waals surface area contributed by atoms with Gasteiger partial charge in [-0.1, -0.05) is 176 Å². The van der Waals surface area contributed by atoms with Crippen molar-refractivity contribution in [2.24, 2.45) is 0 Å². The van der Waals surface area contributed by atoms with Gasteiger partial charge >= 0.3 is 0 Å². The van der Waals surface area contributed by atoms with Crippen molar-refractivity contribution in [1.82, 2.24) is 4.57 Å². The van der Waals surface area contributed by atoms with Crippen LogP contribution in [0.15, 0.2) is 261 Å². The quantitative estimate of drug-likeness (QED) is 0.141. The molecule has 0 saturated carbocycles. The average Bonchev–Trinajstić information content (AvgIpc) is 3.75. The highest BCUT2D eigenvalue weighted by Crippen LogP contribution is 2.47. The molecular weight excluding hydrogens is 811 g/mol. The smallest absolute Gasteiger partial charge is 0.0625 e. The number of rotatable bonds is 8. The standard InChI is InChI=1S/C64H43N3/c1-4-22-50(23-5-1)65(53-35-32-44-18-10-12-20-46(44)38-53)55-40-49(41-56(43-55)66(51-24-6-2-7-25-51)54-36-33-45-19-11-13-21-47(45)39-54)48-34-37-61-62(42-48)67(52-26-8-3-9-27-52)64-60-31-17-15-29-58(60)57-28-14-16-30-59(57)63(61)64/h1-43H. The molecule has 0 aliphatic rings. The van der Waals surface area contributed by atoms with E-state index in [-0.39, 0.29) is 0 Å². The van der Waals surface area contributed by atoms with Gasteiger partial charge in [-0.25, -0.2) is 0 Å². The number of hydrogen-bond acceptors (Lipinski definition) is 2. The van der Waals surface area contributed by atoms with Crippen LogP contribution in [0.2, 0.25) is 0 Å². The molecule has 67 heavy (non-hydrogen) atoms. The summed E-state index contributed by atoms with van der Waals surface area (Å²) in [5, 5.41) is 12.3. The van der Waals surface area contributed by atoms with Gasteiger partial charge in [-0.3, -0.25) is 0 Å². The van der Waals surface area contributed by atoms with E-state index in [4.69, 9.17) is 0 Å². The second-order valence-corrected chi connectivity index (χ2v) is 17.4. The Bertz CT molecular complexity index is 3850. The van der Waals surface area contributed by atoms with E-state index in [1.807, 2.05) is 0 Å². The van der Waals surface area contributed by atoms with E-state index in [1.165, 1.54) is 59.4 Å². The van der Waals surface area contributed by atoms with Crippen molar-refractivity contribution in [1.29, 1.82) is 0 Å². The monoisotopic (exact) mass is 853 g/mol. The fraction of sp³-hybridized carbons (Fsp3) is 0. The zero-order chi connectivity index (χ0) is 44.3.